The van der Waals surface area contributed by atoms with Crippen molar-refractivity contribution >= 4 is 28.3 Å². The van der Waals surface area contributed by atoms with Gasteiger partial charge in [0.1, 0.15) is 10.6 Å². The van der Waals surface area contributed by atoms with Crippen LogP contribution < -0.4 is 15.8 Å². The average molecular weight is 351 g/mol. The van der Waals surface area contributed by atoms with Gasteiger partial charge in [-0.2, -0.15) is 0 Å². The minimum Gasteiger partial charge on any atom is -0.364 e. The maximum Gasteiger partial charge on any atom is 0.265 e. The minimum absolute atomic E-state index is 0. The largest absolute Gasteiger partial charge is 0.364 e. The number of nitrogens with two attached hydrogens (primary N) is 1. The summed E-state index contributed by atoms with van der Waals surface area (Å²) in [6.07, 6.45) is 3.41. The highest BCUT2D eigenvalue weighted by Crippen LogP contribution is 2.25. The zero-order valence-electron chi connectivity index (χ0n) is 12.8. The third-order valence-corrected chi connectivity index (χ3v) is 5.29. The van der Waals surface area contributed by atoms with Crippen molar-refractivity contribution in [3.8, 4) is 0 Å². The third-order valence-electron chi connectivity index (χ3n) is 3.92. The fourth-order valence-electron chi connectivity index (χ4n) is 2.55. The van der Waals surface area contributed by atoms with Crippen LogP contribution in [0, 0.1) is 5.41 Å². The number of carbonyl (C=O) groups excluding carboxylic acids is 1. The molecule has 7 nitrogen and oxygen atoms in total. The lowest BCUT2D eigenvalue weighted by Crippen LogP contribution is -2.45. The summed E-state index contributed by atoms with van der Waals surface area (Å²) in [5.74, 6) is -0.651. The number of nitrogens with zero attached hydrogens (tertiary/aromatic N) is 1. The highest BCUT2D eigenvalue weighted by molar-refractivity contribution is 7.89. The maximum atomic E-state index is 12.3. The van der Waals surface area contributed by atoms with Crippen molar-refractivity contribution in [3.63, 3.8) is 0 Å². The van der Waals surface area contributed by atoms with Crippen LogP contribution in [0.25, 0.3) is 0 Å². The fraction of sp³-hybridized carbons (Fsp3) is 0.615. The molecule has 0 aliphatic carbocycles. The summed E-state index contributed by atoms with van der Waals surface area (Å²) >= 11 is 0. The molecule has 0 aromatic carbocycles. The first-order valence-electron chi connectivity index (χ1n) is 6.90. The van der Waals surface area contributed by atoms with E-state index in [0.717, 1.165) is 25.9 Å². The molecule has 9 heteroatoms. The van der Waals surface area contributed by atoms with Crippen LogP contribution in [0.3, 0.4) is 0 Å². The van der Waals surface area contributed by atoms with Gasteiger partial charge in [-0.25, -0.2) is 13.1 Å². The van der Waals surface area contributed by atoms with Crippen molar-refractivity contribution in [2.24, 2.45) is 18.2 Å². The molecule has 0 saturated carbocycles. The van der Waals surface area contributed by atoms with E-state index in [0.29, 0.717) is 6.54 Å². The Bertz CT molecular complexity index is 636. The van der Waals surface area contributed by atoms with E-state index in [1.54, 1.807) is 7.05 Å². The van der Waals surface area contributed by atoms with Gasteiger partial charge in [0, 0.05) is 26.3 Å². The van der Waals surface area contributed by atoms with Gasteiger partial charge in [0.25, 0.3) is 5.91 Å². The Morgan fingerprint density at radius 2 is 2.23 bits per heavy atom. The van der Waals surface area contributed by atoms with Crippen molar-refractivity contribution in [1.29, 1.82) is 0 Å². The average Bonchev–Trinajstić information content (AvgIpc) is 2.81. The lowest BCUT2D eigenvalue weighted by Gasteiger charge is -2.34. The van der Waals surface area contributed by atoms with Gasteiger partial charge in [0.2, 0.25) is 10.0 Å². The summed E-state index contributed by atoms with van der Waals surface area (Å²) in [4.78, 5) is 11.3. The lowest BCUT2D eigenvalue weighted by atomic mass is 9.83. The SMILES string of the molecule is Cl.Cn1cc(S(=O)(=O)NCC2(C)CCCNC2)cc1C(N)=O. The molecular weight excluding hydrogens is 328 g/mol. The van der Waals surface area contributed by atoms with Gasteiger partial charge in [-0.05, 0) is 30.9 Å². The Hall–Kier alpha value is -1.09. The molecule has 0 radical (unpaired) electrons. The highest BCUT2D eigenvalue weighted by atomic mass is 35.5. The normalized spacial score (nSPS) is 22.1. The zero-order valence-corrected chi connectivity index (χ0v) is 14.4. The van der Waals surface area contributed by atoms with Crippen LogP contribution >= 0.6 is 12.4 Å². The molecule has 1 amide bonds. The number of hydrogen-bond donors (Lipinski definition) is 3. The molecule has 0 bridgehead atoms. The van der Waals surface area contributed by atoms with Crippen molar-refractivity contribution in [2.75, 3.05) is 19.6 Å². The molecule has 1 aliphatic rings. The number of halogens is 1. The van der Waals surface area contributed by atoms with Crippen LogP contribution in [0.1, 0.15) is 30.3 Å². The van der Waals surface area contributed by atoms with Crippen LogP contribution in [0.5, 0.6) is 0 Å². The number of aromatic nitrogens is 1. The van der Waals surface area contributed by atoms with E-state index in [-0.39, 0.29) is 28.4 Å². The number of aryl methyl sites for hydroxylation is 1. The molecular formula is C13H23ClN4O3S. The molecule has 1 unspecified atom stereocenters. The predicted molar refractivity (Wildman–Crippen MR) is 86.6 cm³/mol. The van der Waals surface area contributed by atoms with Crippen molar-refractivity contribution < 1.29 is 13.2 Å². The monoisotopic (exact) mass is 350 g/mol. The number of rotatable bonds is 5. The smallest absolute Gasteiger partial charge is 0.265 e. The van der Waals surface area contributed by atoms with Gasteiger partial charge in [0.05, 0.1) is 0 Å². The fourth-order valence-corrected chi connectivity index (χ4v) is 3.82. The van der Waals surface area contributed by atoms with E-state index in [4.69, 9.17) is 5.73 Å². The van der Waals surface area contributed by atoms with Crippen LogP contribution in [0.2, 0.25) is 0 Å². The Kier molecular flexibility index (Phi) is 6.03. The van der Waals surface area contributed by atoms with Gasteiger partial charge in [-0.15, -0.1) is 12.4 Å². The van der Waals surface area contributed by atoms with Gasteiger partial charge < -0.3 is 15.6 Å². The van der Waals surface area contributed by atoms with Crippen LogP contribution in [-0.2, 0) is 17.1 Å². The lowest BCUT2D eigenvalue weighted by molar-refractivity contribution is 0.0992. The van der Waals surface area contributed by atoms with E-state index >= 15 is 0 Å². The molecule has 1 aromatic rings. The van der Waals surface area contributed by atoms with Gasteiger partial charge in [0.15, 0.2) is 0 Å². The van der Waals surface area contributed by atoms with Crippen molar-refractivity contribution in [1.82, 2.24) is 14.6 Å². The van der Waals surface area contributed by atoms with Crippen molar-refractivity contribution in [2.45, 2.75) is 24.7 Å². The Labute approximate surface area is 137 Å². The number of piperidine rings is 1. The second kappa shape index (κ2) is 6.99. The number of amides is 1. The summed E-state index contributed by atoms with van der Waals surface area (Å²) in [6.45, 7) is 4.19. The number of primary amides is 1. The topological polar surface area (TPSA) is 106 Å². The van der Waals surface area contributed by atoms with Crippen LogP contribution in [-0.4, -0.2) is 38.5 Å². The first kappa shape index (κ1) is 19.0. The number of sulfonamides is 1. The maximum absolute atomic E-state index is 12.3. The van der Waals surface area contributed by atoms with E-state index in [2.05, 4.69) is 17.0 Å². The molecule has 4 N–H and O–H groups in total. The molecule has 126 valence electrons. The van der Waals surface area contributed by atoms with Crippen LogP contribution in [0.15, 0.2) is 17.2 Å². The number of nitrogens with one attached hydrogen (secondary N) is 2. The van der Waals surface area contributed by atoms with Gasteiger partial charge in [-0.1, -0.05) is 6.92 Å². The molecule has 1 atom stereocenters. The molecule has 22 heavy (non-hydrogen) atoms. The number of hydrogen-bond acceptors (Lipinski definition) is 4. The summed E-state index contributed by atoms with van der Waals surface area (Å²) in [5.41, 5.74) is 5.28. The Morgan fingerprint density at radius 3 is 2.73 bits per heavy atom. The Morgan fingerprint density at radius 1 is 1.55 bits per heavy atom. The van der Waals surface area contributed by atoms with E-state index < -0.39 is 15.9 Å². The van der Waals surface area contributed by atoms with E-state index in [9.17, 15) is 13.2 Å². The summed E-state index contributed by atoms with van der Waals surface area (Å²) in [6, 6.07) is 1.30. The summed E-state index contributed by atoms with van der Waals surface area (Å²) in [7, 11) is -2.05. The standard InChI is InChI=1S/C13H22N4O3S.ClH/c1-13(4-3-5-15-8-13)9-16-21(19,20)10-6-11(12(14)18)17(2)7-10;/h6-7,15-16H,3-5,8-9H2,1-2H3,(H2,14,18);1H. The van der Waals surface area contributed by atoms with E-state index in [1.807, 2.05) is 0 Å². The van der Waals surface area contributed by atoms with Crippen LogP contribution in [0.4, 0.5) is 0 Å². The van der Waals surface area contributed by atoms with Gasteiger partial charge >= 0.3 is 0 Å². The summed E-state index contributed by atoms with van der Waals surface area (Å²) < 4.78 is 28.7. The molecule has 2 heterocycles. The third kappa shape index (κ3) is 4.22. The van der Waals surface area contributed by atoms with Crippen molar-refractivity contribution in [3.05, 3.63) is 18.0 Å². The minimum atomic E-state index is -3.64. The molecule has 1 fully saturated rings. The molecule has 1 aliphatic heterocycles. The number of carbonyl (C=O) groups is 1. The Balaban J connectivity index is 0.00000242. The second-order valence-corrected chi connectivity index (χ2v) is 7.72. The highest BCUT2D eigenvalue weighted by Gasteiger charge is 2.29. The van der Waals surface area contributed by atoms with Gasteiger partial charge in [-0.3, -0.25) is 4.79 Å². The molecule has 0 spiro atoms. The first-order chi connectivity index (χ1) is 9.73. The quantitative estimate of drug-likeness (QED) is 0.705. The second-order valence-electron chi connectivity index (χ2n) is 5.95. The first-order valence-corrected chi connectivity index (χ1v) is 8.38. The summed E-state index contributed by atoms with van der Waals surface area (Å²) in [5, 5.41) is 3.28. The predicted octanol–water partition coefficient (Wildman–Crippen LogP) is 0.214. The van der Waals surface area contributed by atoms with E-state index in [1.165, 1.54) is 16.8 Å². The molecule has 1 aromatic heterocycles. The molecule has 1 saturated heterocycles. The molecule has 2 rings (SSSR count). The zero-order chi connectivity index (χ0) is 15.7.